The molecule has 2 atom stereocenters. The van der Waals surface area contributed by atoms with Crippen molar-refractivity contribution in [3.8, 4) is 0 Å². The lowest BCUT2D eigenvalue weighted by atomic mass is 9.91. The maximum absolute atomic E-state index is 13.9. The summed E-state index contributed by atoms with van der Waals surface area (Å²) in [6.45, 7) is 0.218. The normalized spacial score (nSPS) is 20.3. The molecule has 11 heteroatoms. The summed E-state index contributed by atoms with van der Waals surface area (Å²) < 4.78 is 131. The smallest absolute Gasteiger partial charge is 0.338 e. The standard InChI is InChI=1S/C10H12F10O/c1-5(2)4-21-8(14,6(3,11)9(15,16)17)7(12,13)10(18,19)20/h5H,4H2,1-3H3. The van der Waals surface area contributed by atoms with E-state index in [0.29, 0.717) is 0 Å². The van der Waals surface area contributed by atoms with E-state index in [1.165, 1.54) is 0 Å². The number of rotatable bonds is 5. The minimum atomic E-state index is -6.78. The number of alkyl halides is 10. The van der Waals surface area contributed by atoms with Gasteiger partial charge in [0.1, 0.15) is 0 Å². The third-order valence-corrected chi connectivity index (χ3v) is 2.51. The second kappa shape index (κ2) is 5.47. The Labute approximate surface area is 113 Å². The molecule has 0 aromatic heterocycles. The van der Waals surface area contributed by atoms with E-state index in [-0.39, 0.29) is 0 Å². The zero-order valence-corrected chi connectivity index (χ0v) is 11.0. The molecular weight excluding hydrogens is 326 g/mol. The summed E-state index contributed by atoms with van der Waals surface area (Å²) in [5.74, 6) is -13.6. The van der Waals surface area contributed by atoms with E-state index in [0.717, 1.165) is 13.8 Å². The number of halogens is 10. The summed E-state index contributed by atoms with van der Waals surface area (Å²) in [5.41, 5.74) is -5.59. The van der Waals surface area contributed by atoms with E-state index in [4.69, 9.17) is 0 Å². The third-order valence-electron chi connectivity index (χ3n) is 2.51. The largest absolute Gasteiger partial charge is 0.459 e. The molecule has 0 spiro atoms. The van der Waals surface area contributed by atoms with Crippen LogP contribution in [0.25, 0.3) is 0 Å². The molecule has 0 N–H and O–H groups in total. The third kappa shape index (κ3) is 3.37. The SMILES string of the molecule is CC(C)COC(F)(C(C)(F)C(F)(F)F)C(F)(F)C(F)(F)F. The van der Waals surface area contributed by atoms with Gasteiger partial charge in [-0.1, -0.05) is 13.8 Å². The second-order valence-corrected chi connectivity index (χ2v) is 4.87. The number of hydrogen-bond donors (Lipinski definition) is 0. The molecule has 0 rings (SSSR count). The van der Waals surface area contributed by atoms with E-state index in [1.54, 1.807) is 0 Å². The van der Waals surface area contributed by atoms with Crippen LogP contribution < -0.4 is 0 Å². The Morgan fingerprint density at radius 3 is 1.38 bits per heavy atom. The van der Waals surface area contributed by atoms with E-state index >= 15 is 0 Å². The molecule has 0 saturated carbocycles. The highest BCUT2D eigenvalue weighted by Crippen LogP contribution is 2.56. The van der Waals surface area contributed by atoms with Crippen LogP contribution in [-0.2, 0) is 4.74 Å². The predicted octanol–water partition coefficient (Wildman–Crippen LogP) is 4.81. The maximum atomic E-state index is 13.9. The van der Waals surface area contributed by atoms with Gasteiger partial charge in [-0.15, -0.1) is 0 Å². The monoisotopic (exact) mass is 338 g/mol. The van der Waals surface area contributed by atoms with Crippen molar-refractivity contribution >= 4 is 0 Å². The van der Waals surface area contributed by atoms with Gasteiger partial charge in [0.25, 0.3) is 5.67 Å². The van der Waals surface area contributed by atoms with Gasteiger partial charge in [0.2, 0.25) is 0 Å². The van der Waals surface area contributed by atoms with Gasteiger partial charge in [-0.3, -0.25) is 0 Å². The van der Waals surface area contributed by atoms with Crippen LogP contribution in [0.4, 0.5) is 43.9 Å². The van der Waals surface area contributed by atoms with Gasteiger partial charge in [-0.05, 0) is 12.8 Å². The molecule has 0 radical (unpaired) electrons. The highest BCUT2D eigenvalue weighted by molar-refractivity contribution is 5.07. The summed E-state index contributed by atoms with van der Waals surface area (Å²) in [7, 11) is 0. The van der Waals surface area contributed by atoms with E-state index in [2.05, 4.69) is 4.74 Å². The highest BCUT2D eigenvalue weighted by atomic mass is 19.4. The van der Waals surface area contributed by atoms with Crippen LogP contribution in [-0.4, -0.2) is 36.4 Å². The van der Waals surface area contributed by atoms with Crippen molar-refractivity contribution in [2.75, 3.05) is 6.61 Å². The molecule has 0 aliphatic carbocycles. The van der Waals surface area contributed by atoms with Gasteiger partial charge in [0.05, 0.1) is 6.61 Å². The molecule has 0 fully saturated rings. The Bertz CT molecular complexity index is 328. The number of hydrogen-bond acceptors (Lipinski definition) is 1. The Morgan fingerprint density at radius 2 is 1.14 bits per heavy atom. The Kier molecular flexibility index (Phi) is 5.28. The summed E-state index contributed by atoms with van der Waals surface area (Å²) in [6, 6.07) is 0. The first-order valence-electron chi connectivity index (χ1n) is 5.45. The average Bonchev–Trinajstić information content (AvgIpc) is 2.21. The molecule has 0 aromatic rings. The Balaban J connectivity index is 6.04. The van der Waals surface area contributed by atoms with Crippen LogP contribution in [0.1, 0.15) is 20.8 Å². The first-order chi connectivity index (χ1) is 8.92. The van der Waals surface area contributed by atoms with Crippen molar-refractivity contribution in [3.63, 3.8) is 0 Å². The van der Waals surface area contributed by atoms with Crippen molar-refractivity contribution in [3.05, 3.63) is 0 Å². The van der Waals surface area contributed by atoms with Crippen LogP contribution >= 0.6 is 0 Å². The van der Waals surface area contributed by atoms with Crippen molar-refractivity contribution in [1.29, 1.82) is 0 Å². The molecule has 0 aliphatic rings. The molecule has 2 unspecified atom stereocenters. The van der Waals surface area contributed by atoms with E-state index in [9.17, 15) is 43.9 Å². The molecule has 1 nitrogen and oxygen atoms in total. The van der Waals surface area contributed by atoms with Crippen molar-refractivity contribution < 1.29 is 48.6 Å². The molecule has 128 valence electrons. The Morgan fingerprint density at radius 1 is 0.762 bits per heavy atom. The van der Waals surface area contributed by atoms with Crippen LogP contribution in [0.15, 0.2) is 0 Å². The Hall–Kier alpha value is -0.740. The zero-order valence-electron chi connectivity index (χ0n) is 11.0. The fraction of sp³-hybridized carbons (Fsp3) is 1.00. The summed E-state index contributed by atoms with van der Waals surface area (Å²) >= 11 is 0. The van der Waals surface area contributed by atoms with Crippen LogP contribution in [0.2, 0.25) is 0 Å². The van der Waals surface area contributed by atoms with Gasteiger partial charge in [-0.2, -0.15) is 35.1 Å². The fourth-order valence-electron chi connectivity index (χ4n) is 1.17. The molecule has 0 aliphatic heterocycles. The van der Waals surface area contributed by atoms with Crippen LogP contribution in [0.5, 0.6) is 0 Å². The lowest BCUT2D eigenvalue weighted by Crippen LogP contribution is -2.69. The molecule has 0 heterocycles. The molecule has 21 heavy (non-hydrogen) atoms. The van der Waals surface area contributed by atoms with Gasteiger partial charge in [0, 0.05) is 0 Å². The lowest BCUT2D eigenvalue weighted by molar-refractivity contribution is -0.439. The van der Waals surface area contributed by atoms with E-state index in [1.807, 2.05) is 0 Å². The first-order valence-corrected chi connectivity index (χ1v) is 5.45. The van der Waals surface area contributed by atoms with E-state index < -0.39 is 49.2 Å². The van der Waals surface area contributed by atoms with Crippen LogP contribution in [0.3, 0.4) is 0 Å². The first kappa shape index (κ1) is 20.3. The zero-order chi connectivity index (χ0) is 17.5. The van der Waals surface area contributed by atoms with Gasteiger partial charge in [0.15, 0.2) is 0 Å². The molecule has 0 aromatic carbocycles. The molecular formula is C10H12F10O. The summed E-state index contributed by atoms with van der Waals surface area (Å²) in [5, 5.41) is 0. The van der Waals surface area contributed by atoms with Gasteiger partial charge >= 0.3 is 24.1 Å². The summed E-state index contributed by atoms with van der Waals surface area (Å²) in [6.07, 6.45) is -13.1. The minimum absolute atomic E-state index is 0.771. The van der Waals surface area contributed by atoms with Crippen molar-refractivity contribution in [2.45, 2.75) is 50.6 Å². The second-order valence-electron chi connectivity index (χ2n) is 4.87. The van der Waals surface area contributed by atoms with Crippen LogP contribution in [0, 0.1) is 5.92 Å². The lowest BCUT2D eigenvalue weighted by Gasteiger charge is -2.42. The maximum Gasteiger partial charge on any atom is 0.459 e. The quantitative estimate of drug-likeness (QED) is 0.654. The highest BCUT2D eigenvalue weighted by Gasteiger charge is 2.84. The van der Waals surface area contributed by atoms with Crippen molar-refractivity contribution in [2.24, 2.45) is 5.92 Å². The topological polar surface area (TPSA) is 9.23 Å². The van der Waals surface area contributed by atoms with Gasteiger partial charge in [-0.25, -0.2) is 8.78 Å². The molecule has 0 bridgehead atoms. The minimum Gasteiger partial charge on any atom is -0.338 e. The fourth-order valence-corrected chi connectivity index (χ4v) is 1.17. The summed E-state index contributed by atoms with van der Waals surface area (Å²) in [4.78, 5) is 0. The van der Waals surface area contributed by atoms with Gasteiger partial charge < -0.3 is 4.74 Å². The number of ether oxygens (including phenoxy) is 1. The predicted molar refractivity (Wildman–Crippen MR) is 51.2 cm³/mol. The van der Waals surface area contributed by atoms with Crippen molar-refractivity contribution in [1.82, 2.24) is 0 Å². The molecule has 0 saturated heterocycles. The molecule has 0 amide bonds. The average molecular weight is 338 g/mol.